The SMILES string of the molecule is CNC(C)CNS(=O)(=O)c1cc(Cl)ccc1CS(C)(=O)=O. The highest BCUT2D eigenvalue weighted by Crippen LogP contribution is 2.22. The summed E-state index contributed by atoms with van der Waals surface area (Å²) in [5.74, 6) is -0.359. The summed E-state index contributed by atoms with van der Waals surface area (Å²) >= 11 is 5.83. The van der Waals surface area contributed by atoms with Crippen LogP contribution in [-0.2, 0) is 25.6 Å². The molecule has 1 aromatic rings. The first-order valence-electron chi connectivity index (χ1n) is 6.18. The summed E-state index contributed by atoms with van der Waals surface area (Å²) in [7, 11) is -5.47. The Hall–Kier alpha value is -0.670. The van der Waals surface area contributed by atoms with E-state index in [0.717, 1.165) is 6.26 Å². The van der Waals surface area contributed by atoms with Crippen molar-refractivity contribution < 1.29 is 16.8 Å². The number of sulfonamides is 1. The molecule has 0 amide bonds. The fourth-order valence-corrected chi connectivity index (χ4v) is 4.13. The van der Waals surface area contributed by atoms with Gasteiger partial charge in [-0.05, 0) is 31.7 Å². The first-order valence-corrected chi connectivity index (χ1v) is 10.1. The highest BCUT2D eigenvalue weighted by atomic mass is 35.5. The Bertz CT molecular complexity index is 702. The number of likely N-dealkylation sites (N-methyl/N-ethyl adjacent to an activating group) is 1. The molecule has 9 heteroatoms. The fraction of sp³-hybridized carbons (Fsp3) is 0.500. The van der Waals surface area contributed by atoms with Gasteiger partial charge in [0.1, 0.15) is 0 Å². The average molecular weight is 355 g/mol. The number of benzene rings is 1. The maximum absolute atomic E-state index is 12.3. The van der Waals surface area contributed by atoms with Crippen LogP contribution in [0, 0.1) is 0 Å². The first-order chi connectivity index (χ1) is 9.55. The summed E-state index contributed by atoms with van der Waals surface area (Å²) in [6.07, 6.45) is 1.05. The summed E-state index contributed by atoms with van der Waals surface area (Å²) in [6.45, 7) is 2.00. The van der Waals surface area contributed by atoms with E-state index in [1.54, 1.807) is 7.05 Å². The normalized spacial score (nSPS) is 14.1. The lowest BCUT2D eigenvalue weighted by atomic mass is 10.2. The van der Waals surface area contributed by atoms with E-state index in [2.05, 4.69) is 10.0 Å². The zero-order chi connectivity index (χ0) is 16.3. The van der Waals surface area contributed by atoms with Crippen molar-refractivity contribution in [2.75, 3.05) is 19.8 Å². The summed E-state index contributed by atoms with van der Waals surface area (Å²) in [6, 6.07) is 4.09. The predicted molar refractivity (Wildman–Crippen MR) is 83.7 cm³/mol. The third-order valence-electron chi connectivity index (χ3n) is 2.81. The van der Waals surface area contributed by atoms with Crippen LogP contribution in [0.2, 0.25) is 5.02 Å². The second-order valence-electron chi connectivity index (χ2n) is 4.86. The van der Waals surface area contributed by atoms with Crippen molar-refractivity contribution in [2.24, 2.45) is 0 Å². The van der Waals surface area contributed by atoms with Crippen molar-refractivity contribution >= 4 is 31.5 Å². The molecule has 0 spiro atoms. The molecule has 0 aliphatic rings. The number of rotatable bonds is 7. The van der Waals surface area contributed by atoms with Crippen LogP contribution in [0.15, 0.2) is 23.1 Å². The molecule has 0 aliphatic carbocycles. The summed E-state index contributed by atoms with van der Waals surface area (Å²) in [5.41, 5.74) is 0.200. The molecule has 2 N–H and O–H groups in total. The van der Waals surface area contributed by atoms with Gasteiger partial charge < -0.3 is 5.32 Å². The Morgan fingerprint density at radius 1 is 1.24 bits per heavy atom. The Morgan fingerprint density at radius 3 is 2.38 bits per heavy atom. The monoisotopic (exact) mass is 354 g/mol. The lowest BCUT2D eigenvalue weighted by Crippen LogP contribution is -2.37. The highest BCUT2D eigenvalue weighted by Gasteiger charge is 2.21. The van der Waals surface area contributed by atoms with E-state index in [-0.39, 0.29) is 33.8 Å². The largest absolute Gasteiger partial charge is 0.316 e. The molecule has 1 atom stereocenters. The maximum Gasteiger partial charge on any atom is 0.240 e. The zero-order valence-electron chi connectivity index (χ0n) is 12.1. The quantitative estimate of drug-likeness (QED) is 0.754. The molecule has 0 aromatic heterocycles. The Labute approximate surface area is 130 Å². The topological polar surface area (TPSA) is 92.3 Å². The fourth-order valence-electron chi connectivity index (χ4n) is 1.59. The number of nitrogens with one attached hydrogen (secondary N) is 2. The molecule has 0 bridgehead atoms. The van der Waals surface area contributed by atoms with Gasteiger partial charge in [0.2, 0.25) is 10.0 Å². The Morgan fingerprint density at radius 2 is 1.86 bits per heavy atom. The second kappa shape index (κ2) is 7.06. The molecule has 0 saturated heterocycles. The third kappa shape index (κ3) is 5.91. The van der Waals surface area contributed by atoms with Crippen LogP contribution in [0.4, 0.5) is 0 Å². The molecule has 120 valence electrons. The van der Waals surface area contributed by atoms with E-state index in [1.165, 1.54) is 18.2 Å². The van der Waals surface area contributed by atoms with Crippen LogP contribution in [0.1, 0.15) is 12.5 Å². The van der Waals surface area contributed by atoms with Gasteiger partial charge in [-0.25, -0.2) is 21.6 Å². The van der Waals surface area contributed by atoms with E-state index in [1.807, 2.05) is 6.92 Å². The van der Waals surface area contributed by atoms with Crippen LogP contribution in [0.5, 0.6) is 0 Å². The molecule has 6 nitrogen and oxygen atoms in total. The smallest absolute Gasteiger partial charge is 0.240 e. The Kier molecular flexibility index (Phi) is 6.18. The van der Waals surface area contributed by atoms with Gasteiger partial charge >= 0.3 is 0 Å². The van der Waals surface area contributed by atoms with Crippen LogP contribution in [0.3, 0.4) is 0 Å². The lowest BCUT2D eigenvalue weighted by molar-refractivity contribution is 0.553. The third-order valence-corrected chi connectivity index (χ3v) is 5.39. The Balaban J connectivity index is 3.18. The van der Waals surface area contributed by atoms with Crippen molar-refractivity contribution in [3.05, 3.63) is 28.8 Å². The van der Waals surface area contributed by atoms with Gasteiger partial charge in [-0.1, -0.05) is 17.7 Å². The van der Waals surface area contributed by atoms with E-state index >= 15 is 0 Å². The summed E-state index contributed by atoms with van der Waals surface area (Å²) < 4.78 is 49.9. The summed E-state index contributed by atoms with van der Waals surface area (Å²) in [5, 5.41) is 3.14. The van der Waals surface area contributed by atoms with Crippen LogP contribution in [0.25, 0.3) is 0 Å². The molecule has 1 aromatic carbocycles. The van der Waals surface area contributed by atoms with Gasteiger partial charge in [0.05, 0.1) is 10.6 Å². The predicted octanol–water partition coefficient (Wildman–Crippen LogP) is 0.771. The molecule has 1 unspecified atom stereocenters. The number of sulfone groups is 1. The second-order valence-corrected chi connectivity index (χ2v) is 9.18. The number of halogens is 1. The van der Waals surface area contributed by atoms with Crippen molar-refractivity contribution in [1.82, 2.24) is 10.0 Å². The minimum atomic E-state index is -3.83. The van der Waals surface area contributed by atoms with Crippen LogP contribution < -0.4 is 10.0 Å². The van der Waals surface area contributed by atoms with Crippen molar-refractivity contribution in [1.29, 1.82) is 0 Å². The van der Waals surface area contributed by atoms with Gasteiger partial charge in [-0.15, -0.1) is 0 Å². The molecule has 0 fully saturated rings. The number of hydrogen-bond donors (Lipinski definition) is 2. The van der Waals surface area contributed by atoms with Gasteiger partial charge in [0, 0.05) is 23.9 Å². The lowest BCUT2D eigenvalue weighted by Gasteiger charge is -2.14. The van der Waals surface area contributed by atoms with E-state index in [4.69, 9.17) is 11.6 Å². The van der Waals surface area contributed by atoms with Crippen molar-refractivity contribution in [3.8, 4) is 0 Å². The molecule has 1 rings (SSSR count). The molecule has 0 radical (unpaired) electrons. The van der Waals surface area contributed by atoms with Gasteiger partial charge in [0.25, 0.3) is 0 Å². The van der Waals surface area contributed by atoms with E-state index in [9.17, 15) is 16.8 Å². The molecule has 21 heavy (non-hydrogen) atoms. The highest BCUT2D eigenvalue weighted by molar-refractivity contribution is 7.90. The average Bonchev–Trinajstić information content (AvgIpc) is 2.36. The van der Waals surface area contributed by atoms with Gasteiger partial charge in [-0.2, -0.15) is 0 Å². The molecule has 0 saturated carbocycles. The maximum atomic E-state index is 12.3. The molecule has 0 heterocycles. The zero-order valence-corrected chi connectivity index (χ0v) is 14.4. The van der Waals surface area contributed by atoms with E-state index < -0.39 is 19.9 Å². The van der Waals surface area contributed by atoms with Crippen LogP contribution >= 0.6 is 11.6 Å². The van der Waals surface area contributed by atoms with Crippen molar-refractivity contribution in [2.45, 2.75) is 23.6 Å². The number of hydrogen-bond acceptors (Lipinski definition) is 5. The molecular weight excluding hydrogens is 336 g/mol. The molecular formula is C12H19ClN2O4S2. The standard InChI is InChI=1S/C12H19ClN2O4S2/c1-9(14-2)7-15-21(18,19)12-6-11(13)5-4-10(12)8-20(3,16)17/h4-6,9,14-15H,7-8H2,1-3H3. The molecule has 0 aliphatic heterocycles. The van der Waals surface area contributed by atoms with Gasteiger partial charge in [0.15, 0.2) is 9.84 Å². The first kappa shape index (κ1) is 18.4. The van der Waals surface area contributed by atoms with E-state index in [0.29, 0.717) is 0 Å². The van der Waals surface area contributed by atoms with Crippen molar-refractivity contribution in [3.63, 3.8) is 0 Å². The minimum Gasteiger partial charge on any atom is -0.316 e. The van der Waals surface area contributed by atoms with Crippen LogP contribution in [-0.4, -0.2) is 42.7 Å². The minimum absolute atomic E-state index is 0.0580. The summed E-state index contributed by atoms with van der Waals surface area (Å²) in [4.78, 5) is -0.108. The van der Waals surface area contributed by atoms with Gasteiger partial charge in [-0.3, -0.25) is 0 Å².